The van der Waals surface area contributed by atoms with Gasteiger partial charge >= 0.3 is 0 Å². The number of benzene rings is 1. The number of rotatable bonds is 3. The SMILES string of the molecule is C=CCC(Cl)c1cccc(C)c1C#N. The summed E-state index contributed by atoms with van der Waals surface area (Å²) < 4.78 is 0. The first-order chi connectivity index (χ1) is 6.70. The molecule has 0 saturated carbocycles. The lowest BCUT2D eigenvalue weighted by Crippen LogP contribution is -1.95. The van der Waals surface area contributed by atoms with E-state index in [1.165, 1.54) is 0 Å². The normalized spacial score (nSPS) is 11.8. The molecule has 0 aliphatic carbocycles. The zero-order valence-electron chi connectivity index (χ0n) is 8.13. The van der Waals surface area contributed by atoms with Crippen molar-refractivity contribution in [1.29, 1.82) is 5.26 Å². The number of hydrogen-bond acceptors (Lipinski definition) is 1. The average molecular weight is 206 g/mol. The quantitative estimate of drug-likeness (QED) is 0.545. The van der Waals surface area contributed by atoms with Crippen molar-refractivity contribution in [2.75, 3.05) is 0 Å². The van der Waals surface area contributed by atoms with Gasteiger partial charge in [-0.3, -0.25) is 0 Å². The highest BCUT2D eigenvalue weighted by Crippen LogP contribution is 2.28. The summed E-state index contributed by atoms with van der Waals surface area (Å²) in [6, 6.07) is 7.92. The van der Waals surface area contributed by atoms with Crippen LogP contribution in [0.2, 0.25) is 0 Å². The van der Waals surface area contributed by atoms with Crippen LogP contribution in [0.5, 0.6) is 0 Å². The Morgan fingerprint density at radius 3 is 2.93 bits per heavy atom. The average Bonchev–Trinajstić information content (AvgIpc) is 2.17. The molecule has 1 rings (SSSR count). The van der Waals surface area contributed by atoms with E-state index in [0.29, 0.717) is 12.0 Å². The Morgan fingerprint density at radius 2 is 2.36 bits per heavy atom. The minimum atomic E-state index is -0.151. The van der Waals surface area contributed by atoms with Gasteiger partial charge < -0.3 is 0 Å². The Hall–Kier alpha value is -1.26. The molecule has 0 amide bonds. The maximum Gasteiger partial charge on any atom is 0.0997 e. The Morgan fingerprint density at radius 1 is 1.64 bits per heavy atom. The van der Waals surface area contributed by atoms with Crippen molar-refractivity contribution in [2.24, 2.45) is 0 Å². The van der Waals surface area contributed by atoms with E-state index in [4.69, 9.17) is 16.9 Å². The number of aryl methyl sites for hydroxylation is 1. The van der Waals surface area contributed by atoms with E-state index in [9.17, 15) is 0 Å². The molecule has 2 heteroatoms. The molecule has 0 N–H and O–H groups in total. The summed E-state index contributed by atoms with van der Waals surface area (Å²) in [5.74, 6) is 0. The predicted octanol–water partition coefficient (Wildman–Crippen LogP) is 3.72. The Labute approximate surface area is 89.6 Å². The second kappa shape index (κ2) is 4.83. The van der Waals surface area contributed by atoms with Crippen molar-refractivity contribution in [3.05, 3.63) is 47.5 Å². The predicted molar refractivity (Wildman–Crippen MR) is 59.3 cm³/mol. The molecule has 0 heterocycles. The highest BCUT2D eigenvalue weighted by Gasteiger charge is 2.12. The van der Waals surface area contributed by atoms with E-state index in [-0.39, 0.29) is 5.38 Å². The molecule has 1 nitrogen and oxygen atoms in total. The molecule has 0 saturated heterocycles. The number of halogens is 1. The fourth-order valence-electron chi connectivity index (χ4n) is 1.38. The van der Waals surface area contributed by atoms with Gasteiger partial charge in [-0.2, -0.15) is 5.26 Å². The van der Waals surface area contributed by atoms with Crippen molar-refractivity contribution < 1.29 is 0 Å². The topological polar surface area (TPSA) is 23.8 Å². The van der Waals surface area contributed by atoms with Crippen LogP contribution in [0.1, 0.15) is 28.5 Å². The summed E-state index contributed by atoms with van der Waals surface area (Å²) in [6.07, 6.45) is 2.45. The number of nitrogens with zero attached hydrogens (tertiary/aromatic N) is 1. The standard InChI is InChI=1S/C12H12ClN/c1-3-5-12(13)10-7-4-6-9(2)11(10)8-14/h3-4,6-7,12H,1,5H2,2H3. The molecule has 1 aromatic rings. The Bertz CT molecular complexity index is 376. The zero-order valence-corrected chi connectivity index (χ0v) is 8.88. The molecular formula is C12H12ClN. The van der Waals surface area contributed by atoms with Crippen molar-refractivity contribution in [2.45, 2.75) is 18.7 Å². The molecule has 1 unspecified atom stereocenters. The lowest BCUT2D eigenvalue weighted by atomic mass is 9.99. The van der Waals surface area contributed by atoms with Crippen molar-refractivity contribution in [3.63, 3.8) is 0 Å². The third kappa shape index (κ3) is 2.16. The second-order valence-electron chi connectivity index (χ2n) is 3.14. The van der Waals surface area contributed by atoms with E-state index >= 15 is 0 Å². The highest BCUT2D eigenvalue weighted by molar-refractivity contribution is 6.21. The van der Waals surface area contributed by atoms with Crippen LogP contribution < -0.4 is 0 Å². The third-order valence-corrected chi connectivity index (χ3v) is 2.54. The summed E-state index contributed by atoms with van der Waals surface area (Å²) in [6.45, 7) is 5.55. The van der Waals surface area contributed by atoms with Crippen LogP contribution in [0, 0.1) is 18.3 Å². The van der Waals surface area contributed by atoms with Gasteiger partial charge in [-0.15, -0.1) is 18.2 Å². The van der Waals surface area contributed by atoms with E-state index in [2.05, 4.69) is 12.6 Å². The van der Waals surface area contributed by atoms with Crippen LogP contribution in [0.3, 0.4) is 0 Å². The van der Waals surface area contributed by atoms with Crippen molar-refractivity contribution >= 4 is 11.6 Å². The van der Waals surface area contributed by atoms with E-state index in [1.54, 1.807) is 6.08 Å². The second-order valence-corrected chi connectivity index (χ2v) is 3.67. The minimum absolute atomic E-state index is 0.151. The molecule has 1 atom stereocenters. The van der Waals surface area contributed by atoms with E-state index in [0.717, 1.165) is 11.1 Å². The van der Waals surface area contributed by atoms with Gasteiger partial charge in [0.2, 0.25) is 0 Å². The Balaban J connectivity index is 3.14. The molecule has 0 spiro atoms. The monoisotopic (exact) mass is 205 g/mol. The number of allylic oxidation sites excluding steroid dienone is 1. The Kier molecular flexibility index (Phi) is 3.73. The third-order valence-electron chi connectivity index (χ3n) is 2.13. The van der Waals surface area contributed by atoms with Crippen molar-refractivity contribution in [3.8, 4) is 6.07 Å². The number of nitriles is 1. The van der Waals surface area contributed by atoms with Crippen LogP contribution in [-0.2, 0) is 0 Å². The van der Waals surface area contributed by atoms with Crippen LogP contribution in [0.4, 0.5) is 0 Å². The van der Waals surface area contributed by atoms with Gasteiger partial charge in [0.25, 0.3) is 0 Å². The van der Waals surface area contributed by atoms with Gasteiger partial charge in [-0.1, -0.05) is 24.3 Å². The van der Waals surface area contributed by atoms with E-state index < -0.39 is 0 Å². The van der Waals surface area contributed by atoms with E-state index in [1.807, 2.05) is 25.1 Å². The first-order valence-electron chi connectivity index (χ1n) is 4.45. The lowest BCUT2D eigenvalue weighted by Gasteiger charge is -2.10. The number of hydrogen-bond donors (Lipinski definition) is 0. The fourth-order valence-corrected chi connectivity index (χ4v) is 1.69. The van der Waals surface area contributed by atoms with Crippen LogP contribution in [0.15, 0.2) is 30.9 Å². The number of alkyl halides is 1. The van der Waals surface area contributed by atoms with Gasteiger partial charge in [-0.25, -0.2) is 0 Å². The first-order valence-corrected chi connectivity index (χ1v) is 4.89. The maximum absolute atomic E-state index is 8.98. The molecular weight excluding hydrogens is 194 g/mol. The molecule has 0 aromatic heterocycles. The van der Waals surface area contributed by atoms with Crippen LogP contribution in [-0.4, -0.2) is 0 Å². The fraction of sp³-hybridized carbons (Fsp3) is 0.250. The zero-order chi connectivity index (χ0) is 10.6. The molecule has 0 radical (unpaired) electrons. The minimum Gasteiger partial charge on any atom is -0.192 e. The maximum atomic E-state index is 8.98. The lowest BCUT2D eigenvalue weighted by molar-refractivity contribution is 0.950. The smallest absolute Gasteiger partial charge is 0.0997 e. The molecule has 0 aliphatic rings. The summed E-state index contributed by atoms with van der Waals surface area (Å²) in [5.41, 5.74) is 2.56. The molecule has 1 aromatic carbocycles. The van der Waals surface area contributed by atoms with Crippen LogP contribution >= 0.6 is 11.6 Å². The van der Waals surface area contributed by atoms with Gasteiger partial charge in [0, 0.05) is 0 Å². The van der Waals surface area contributed by atoms with Gasteiger partial charge in [-0.05, 0) is 24.5 Å². The summed E-state index contributed by atoms with van der Waals surface area (Å²) in [7, 11) is 0. The molecule has 0 fully saturated rings. The molecule has 0 bridgehead atoms. The molecule has 72 valence electrons. The van der Waals surface area contributed by atoms with Crippen molar-refractivity contribution in [1.82, 2.24) is 0 Å². The summed E-state index contributed by atoms with van der Waals surface area (Å²) in [5, 5.41) is 8.83. The largest absolute Gasteiger partial charge is 0.192 e. The highest BCUT2D eigenvalue weighted by atomic mass is 35.5. The first kappa shape index (κ1) is 10.8. The molecule has 0 aliphatic heterocycles. The molecule has 14 heavy (non-hydrogen) atoms. The summed E-state index contributed by atoms with van der Waals surface area (Å²) in [4.78, 5) is 0. The van der Waals surface area contributed by atoms with Gasteiger partial charge in [0.05, 0.1) is 17.0 Å². The van der Waals surface area contributed by atoms with Crippen LogP contribution in [0.25, 0.3) is 0 Å². The van der Waals surface area contributed by atoms with Gasteiger partial charge in [0.1, 0.15) is 0 Å². The van der Waals surface area contributed by atoms with Gasteiger partial charge in [0.15, 0.2) is 0 Å². The summed E-state index contributed by atoms with van der Waals surface area (Å²) >= 11 is 6.14.